The molecule has 2 saturated carbocycles. The van der Waals surface area contributed by atoms with Gasteiger partial charge in [-0.25, -0.2) is 0 Å². The predicted molar refractivity (Wildman–Crippen MR) is 162 cm³/mol. The number of methoxy groups -OCH3 is 1. The van der Waals surface area contributed by atoms with Crippen molar-refractivity contribution in [3.8, 4) is 5.75 Å². The summed E-state index contributed by atoms with van der Waals surface area (Å²) in [6.45, 7) is 13.0. The van der Waals surface area contributed by atoms with Gasteiger partial charge in [-0.1, -0.05) is 51.5 Å². The van der Waals surface area contributed by atoms with E-state index >= 15 is 0 Å². The molecule has 2 aromatic carbocycles. The van der Waals surface area contributed by atoms with Crippen LogP contribution in [-0.4, -0.2) is 28.9 Å². The number of benzene rings is 2. The highest BCUT2D eigenvalue weighted by Gasteiger charge is 2.60. The highest BCUT2D eigenvalue weighted by molar-refractivity contribution is 8.00. The van der Waals surface area contributed by atoms with Gasteiger partial charge in [-0.2, -0.15) is 0 Å². The van der Waals surface area contributed by atoms with Crippen LogP contribution in [0.3, 0.4) is 0 Å². The van der Waals surface area contributed by atoms with E-state index in [4.69, 9.17) is 4.74 Å². The summed E-state index contributed by atoms with van der Waals surface area (Å²) in [5, 5.41) is 12.1. The number of hydrogen-bond donors (Lipinski definition) is 1. The van der Waals surface area contributed by atoms with E-state index in [1.807, 2.05) is 6.92 Å². The minimum Gasteiger partial charge on any atom is -0.497 e. The van der Waals surface area contributed by atoms with Crippen LogP contribution in [0, 0.1) is 35.5 Å². The van der Waals surface area contributed by atoms with Gasteiger partial charge < -0.3 is 9.84 Å². The first-order valence-electron chi connectivity index (χ1n) is 15.0. The summed E-state index contributed by atoms with van der Waals surface area (Å²) in [5.41, 5.74) is 2.86. The Morgan fingerprint density at radius 1 is 1.08 bits per heavy atom. The maximum absolute atomic E-state index is 14.0. The molecular weight excluding hydrogens is 500 g/mol. The highest BCUT2D eigenvalue weighted by Crippen LogP contribution is 2.65. The van der Waals surface area contributed by atoms with E-state index in [1.165, 1.54) is 28.0 Å². The number of hydrogen-bond acceptors (Lipinski definition) is 4. The highest BCUT2D eigenvalue weighted by atomic mass is 32.2. The second kappa shape index (κ2) is 10.6. The second-order valence-electron chi connectivity index (χ2n) is 14.2. The number of thioether (sulfide) groups is 1. The summed E-state index contributed by atoms with van der Waals surface area (Å²) in [5.74, 6) is 2.80. The predicted octanol–water partition coefficient (Wildman–Crippen LogP) is 8.39. The van der Waals surface area contributed by atoms with Gasteiger partial charge in [0.05, 0.1) is 7.11 Å². The van der Waals surface area contributed by atoms with Gasteiger partial charge in [0.25, 0.3) is 0 Å². The van der Waals surface area contributed by atoms with E-state index in [1.54, 1.807) is 18.9 Å². The molecule has 0 spiro atoms. The fourth-order valence-corrected chi connectivity index (χ4v) is 9.69. The number of carbonyl (C=O) groups is 1. The molecule has 0 aliphatic heterocycles. The summed E-state index contributed by atoms with van der Waals surface area (Å²) < 4.78 is 5.50. The van der Waals surface area contributed by atoms with Crippen molar-refractivity contribution in [2.24, 2.45) is 28.6 Å². The maximum Gasteiger partial charge on any atom is 0.165 e. The van der Waals surface area contributed by atoms with Crippen LogP contribution in [0.15, 0.2) is 47.4 Å². The number of aliphatic hydroxyl groups is 1. The van der Waals surface area contributed by atoms with Gasteiger partial charge in [-0.05, 0) is 116 Å². The SMILES string of the molecule is COc1ccc2c(c1)CC[C@@H]1[C@@H]2CC[C@@]2(C)[C@H]1CC[C@@H]2[C@@](C)(O)C(=O)C[C@H](Sc1ccc(C)cc1)C(C)(C)C. The van der Waals surface area contributed by atoms with Crippen molar-refractivity contribution in [1.82, 2.24) is 0 Å². The molecule has 4 heteroatoms. The zero-order valence-electron chi connectivity index (χ0n) is 25.0. The van der Waals surface area contributed by atoms with Crippen molar-refractivity contribution >= 4 is 17.5 Å². The van der Waals surface area contributed by atoms with E-state index in [-0.39, 0.29) is 27.8 Å². The summed E-state index contributed by atoms with van der Waals surface area (Å²) in [6, 6.07) is 15.2. The van der Waals surface area contributed by atoms with Crippen molar-refractivity contribution in [2.75, 3.05) is 7.11 Å². The molecule has 0 radical (unpaired) electrons. The third kappa shape index (κ3) is 5.33. The monoisotopic (exact) mass is 548 g/mol. The molecule has 1 N–H and O–H groups in total. The van der Waals surface area contributed by atoms with Gasteiger partial charge in [-0.3, -0.25) is 4.79 Å². The summed E-state index contributed by atoms with van der Waals surface area (Å²) in [7, 11) is 1.75. The normalized spacial score (nSPS) is 30.5. The van der Waals surface area contributed by atoms with Gasteiger partial charge >= 0.3 is 0 Å². The van der Waals surface area contributed by atoms with Crippen LogP contribution in [-0.2, 0) is 11.2 Å². The van der Waals surface area contributed by atoms with Crippen molar-refractivity contribution < 1.29 is 14.6 Å². The molecule has 0 amide bonds. The first-order chi connectivity index (χ1) is 18.3. The fraction of sp³-hybridized carbons (Fsp3) is 0.629. The standard InChI is InChI=1S/C35H48O3S/c1-22-8-12-25(13-9-22)39-32(33(2,3)4)21-31(36)35(6,37)30-17-16-29-28-14-10-23-20-24(38-7)11-15-26(23)27(28)18-19-34(29,30)5/h8-9,11-13,15,20,27-30,32,37H,10,14,16-19,21H2,1-7H3/t27-,28-,29+,30+,32+,34+,35-/m1/s1. The largest absolute Gasteiger partial charge is 0.497 e. The molecule has 3 aliphatic carbocycles. The van der Waals surface area contributed by atoms with Crippen molar-refractivity contribution in [2.45, 2.75) is 108 Å². The molecular formula is C35H48O3S. The molecule has 0 bridgehead atoms. The third-order valence-corrected chi connectivity index (χ3v) is 12.5. The Morgan fingerprint density at radius 2 is 1.79 bits per heavy atom. The van der Waals surface area contributed by atoms with Crippen LogP contribution >= 0.6 is 11.8 Å². The zero-order valence-corrected chi connectivity index (χ0v) is 25.9. The van der Waals surface area contributed by atoms with Gasteiger partial charge in [-0.15, -0.1) is 11.8 Å². The lowest BCUT2D eigenvalue weighted by molar-refractivity contribution is -0.149. The molecule has 0 heterocycles. The molecule has 5 rings (SSSR count). The van der Waals surface area contributed by atoms with E-state index < -0.39 is 5.60 Å². The lowest BCUT2D eigenvalue weighted by Gasteiger charge is -2.53. The topological polar surface area (TPSA) is 46.5 Å². The number of Topliss-reactive ketones (excluding diaryl/α,β-unsaturated/α-hetero) is 1. The summed E-state index contributed by atoms with van der Waals surface area (Å²) in [6.07, 6.45) is 7.00. The second-order valence-corrected chi connectivity index (χ2v) is 15.5. The molecule has 2 fully saturated rings. The van der Waals surface area contributed by atoms with Crippen LogP contribution in [0.4, 0.5) is 0 Å². The Bertz CT molecular complexity index is 1190. The van der Waals surface area contributed by atoms with Crippen LogP contribution in [0.25, 0.3) is 0 Å². The molecule has 3 aliphatic rings. The number of ether oxygens (including phenoxy) is 1. The Kier molecular flexibility index (Phi) is 7.78. The van der Waals surface area contributed by atoms with Crippen LogP contribution in [0.1, 0.15) is 95.8 Å². The average Bonchev–Trinajstić information content (AvgIpc) is 3.26. The van der Waals surface area contributed by atoms with Gasteiger partial charge in [0.1, 0.15) is 11.4 Å². The van der Waals surface area contributed by atoms with Crippen LogP contribution < -0.4 is 4.74 Å². The van der Waals surface area contributed by atoms with E-state index in [0.717, 1.165) is 37.9 Å². The van der Waals surface area contributed by atoms with E-state index in [0.29, 0.717) is 24.2 Å². The van der Waals surface area contributed by atoms with E-state index in [9.17, 15) is 9.90 Å². The van der Waals surface area contributed by atoms with Crippen LogP contribution in [0.5, 0.6) is 5.75 Å². The lowest BCUT2D eigenvalue weighted by atomic mass is 9.52. The molecule has 2 aromatic rings. The first-order valence-corrected chi connectivity index (χ1v) is 15.9. The minimum atomic E-state index is -1.30. The molecule has 7 atom stereocenters. The third-order valence-electron chi connectivity index (χ3n) is 10.8. The molecule has 0 aromatic heterocycles. The van der Waals surface area contributed by atoms with Crippen molar-refractivity contribution in [3.63, 3.8) is 0 Å². The van der Waals surface area contributed by atoms with Gasteiger partial charge in [0, 0.05) is 22.5 Å². The summed E-state index contributed by atoms with van der Waals surface area (Å²) >= 11 is 1.78. The fourth-order valence-electron chi connectivity index (χ4n) is 8.48. The maximum atomic E-state index is 14.0. The Hall–Kier alpha value is -1.78. The number of ketones is 1. The Balaban J connectivity index is 1.34. The average molecular weight is 549 g/mol. The molecule has 3 nitrogen and oxygen atoms in total. The summed E-state index contributed by atoms with van der Waals surface area (Å²) in [4.78, 5) is 15.2. The quantitative estimate of drug-likeness (QED) is 0.353. The van der Waals surface area contributed by atoms with E-state index in [2.05, 4.69) is 77.1 Å². The van der Waals surface area contributed by atoms with Crippen molar-refractivity contribution in [3.05, 3.63) is 59.2 Å². The Morgan fingerprint density at radius 3 is 2.46 bits per heavy atom. The molecule has 0 saturated heterocycles. The number of aryl methyl sites for hydroxylation is 2. The molecule has 212 valence electrons. The van der Waals surface area contributed by atoms with Crippen molar-refractivity contribution in [1.29, 1.82) is 0 Å². The van der Waals surface area contributed by atoms with Gasteiger partial charge in [0.15, 0.2) is 5.78 Å². The van der Waals surface area contributed by atoms with Crippen LogP contribution in [0.2, 0.25) is 0 Å². The minimum absolute atomic E-state index is 0.00558. The molecule has 0 unspecified atom stereocenters. The smallest absolute Gasteiger partial charge is 0.165 e. The number of carbonyl (C=O) groups excluding carboxylic acids is 1. The number of fused-ring (bicyclic) bond motifs is 5. The van der Waals surface area contributed by atoms with Gasteiger partial charge in [0.2, 0.25) is 0 Å². The zero-order chi connectivity index (χ0) is 28.2. The number of rotatable bonds is 7. The lowest BCUT2D eigenvalue weighted by Crippen LogP contribution is -2.53. The first kappa shape index (κ1) is 28.7. The Labute approximate surface area is 240 Å². The molecule has 39 heavy (non-hydrogen) atoms.